The first kappa shape index (κ1) is 14.1. The second-order valence-corrected chi connectivity index (χ2v) is 3.60. The first-order chi connectivity index (χ1) is 8.65. The third-order valence-corrected chi connectivity index (χ3v) is 2.12. The number of ether oxygens (including phenoxy) is 3. The zero-order valence-electron chi connectivity index (χ0n) is 10.3. The molecule has 1 rings (SSSR count). The highest BCUT2D eigenvalue weighted by molar-refractivity contribution is 5.81. The lowest BCUT2D eigenvalue weighted by atomic mass is 10.3. The van der Waals surface area contributed by atoms with Crippen LogP contribution < -0.4 is 10.5 Å². The van der Waals surface area contributed by atoms with Crippen molar-refractivity contribution in [2.24, 2.45) is 0 Å². The lowest BCUT2D eigenvalue weighted by molar-refractivity contribution is -0.147. The van der Waals surface area contributed by atoms with E-state index >= 15 is 0 Å². The third-order valence-electron chi connectivity index (χ3n) is 2.12. The standard InChI is InChI=1S/C13H17NO4/c1-3-13(15)18-12(8-16-2)9-17-11-6-4-10(14)5-7-11/h3-7,12H,1,8-9,14H2,2H3. The van der Waals surface area contributed by atoms with Crippen molar-refractivity contribution in [1.82, 2.24) is 0 Å². The van der Waals surface area contributed by atoms with Crippen molar-refractivity contribution >= 4 is 11.7 Å². The number of anilines is 1. The van der Waals surface area contributed by atoms with Crippen LogP contribution in [0.25, 0.3) is 0 Å². The Kier molecular flexibility index (Phi) is 5.73. The highest BCUT2D eigenvalue weighted by Crippen LogP contribution is 2.13. The number of carbonyl (C=O) groups excluding carboxylic acids is 1. The van der Waals surface area contributed by atoms with E-state index in [0.717, 1.165) is 6.08 Å². The molecule has 0 aliphatic rings. The van der Waals surface area contributed by atoms with Crippen molar-refractivity contribution in [1.29, 1.82) is 0 Å². The molecule has 0 aromatic heterocycles. The summed E-state index contributed by atoms with van der Waals surface area (Å²) in [5.74, 6) is 0.151. The van der Waals surface area contributed by atoms with Crippen molar-refractivity contribution in [3.05, 3.63) is 36.9 Å². The van der Waals surface area contributed by atoms with E-state index in [-0.39, 0.29) is 13.2 Å². The molecule has 0 aliphatic heterocycles. The minimum atomic E-state index is -0.502. The maximum absolute atomic E-state index is 11.1. The van der Waals surface area contributed by atoms with Crippen molar-refractivity contribution < 1.29 is 19.0 Å². The van der Waals surface area contributed by atoms with Gasteiger partial charge in [-0.3, -0.25) is 0 Å². The predicted molar refractivity (Wildman–Crippen MR) is 68.3 cm³/mol. The number of nitrogens with two attached hydrogens (primary N) is 1. The topological polar surface area (TPSA) is 70.8 Å². The van der Waals surface area contributed by atoms with Gasteiger partial charge in [-0.25, -0.2) is 4.79 Å². The third kappa shape index (κ3) is 4.88. The van der Waals surface area contributed by atoms with E-state index in [1.807, 2.05) is 0 Å². The fourth-order valence-electron chi connectivity index (χ4n) is 1.27. The summed E-state index contributed by atoms with van der Waals surface area (Å²) in [6.07, 6.45) is 0.629. The van der Waals surface area contributed by atoms with Crippen LogP contribution in [-0.4, -0.2) is 32.4 Å². The molecule has 0 spiro atoms. The molecular weight excluding hydrogens is 234 g/mol. The fourth-order valence-corrected chi connectivity index (χ4v) is 1.27. The van der Waals surface area contributed by atoms with Gasteiger partial charge < -0.3 is 19.9 Å². The molecule has 1 aromatic carbocycles. The van der Waals surface area contributed by atoms with Gasteiger partial charge in [0.2, 0.25) is 0 Å². The largest absolute Gasteiger partial charge is 0.490 e. The lowest BCUT2D eigenvalue weighted by Gasteiger charge is -2.16. The number of carbonyl (C=O) groups is 1. The summed E-state index contributed by atoms with van der Waals surface area (Å²) in [5, 5.41) is 0. The highest BCUT2D eigenvalue weighted by atomic mass is 16.6. The van der Waals surface area contributed by atoms with Crippen LogP contribution >= 0.6 is 0 Å². The maximum atomic E-state index is 11.1. The Bertz CT molecular complexity index is 388. The molecule has 1 atom stereocenters. The van der Waals surface area contributed by atoms with Crippen LogP contribution in [0, 0.1) is 0 Å². The molecule has 0 aliphatic carbocycles. The van der Waals surface area contributed by atoms with Gasteiger partial charge in [-0.2, -0.15) is 0 Å². The van der Waals surface area contributed by atoms with E-state index in [0.29, 0.717) is 11.4 Å². The Morgan fingerprint density at radius 1 is 1.39 bits per heavy atom. The van der Waals surface area contributed by atoms with Gasteiger partial charge in [0.15, 0.2) is 6.10 Å². The van der Waals surface area contributed by atoms with Crippen molar-refractivity contribution in [2.75, 3.05) is 26.1 Å². The number of nitrogen functional groups attached to an aromatic ring is 1. The van der Waals surface area contributed by atoms with Crippen LogP contribution in [0.4, 0.5) is 5.69 Å². The Balaban J connectivity index is 2.48. The van der Waals surface area contributed by atoms with E-state index in [1.165, 1.54) is 7.11 Å². The lowest BCUT2D eigenvalue weighted by Crippen LogP contribution is -2.28. The average molecular weight is 251 g/mol. The summed E-state index contributed by atoms with van der Waals surface area (Å²) in [5.41, 5.74) is 6.22. The number of rotatable bonds is 7. The number of hydrogen-bond donors (Lipinski definition) is 1. The Morgan fingerprint density at radius 2 is 2.06 bits per heavy atom. The second-order valence-electron chi connectivity index (χ2n) is 3.60. The number of methoxy groups -OCH3 is 1. The van der Waals surface area contributed by atoms with Gasteiger partial charge in [-0.05, 0) is 24.3 Å². The molecule has 0 heterocycles. The molecule has 0 fully saturated rings. The monoisotopic (exact) mass is 251 g/mol. The van der Waals surface area contributed by atoms with Crippen LogP contribution in [0.15, 0.2) is 36.9 Å². The number of hydrogen-bond acceptors (Lipinski definition) is 5. The zero-order chi connectivity index (χ0) is 13.4. The van der Waals surface area contributed by atoms with E-state index < -0.39 is 12.1 Å². The van der Waals surface area contributed by atoms with Gasteiger partial charge in [0.05, 0.1) is 6.61 Å². The molecular formula is C13H17NO4. The van der Waals surface area contributed by atoms with Crippen LogP contribution in [0.2, 0.25) is 0 Å². The van der Waals surface area contributed by atoms with E-state index in [9.17, 15) is 4.79 Å². The number of benzene rings is 1. The SMILES string of the molecule is C=CC(=O)OC(COC)COc1ccc(N)cc1. The Morgan fingerprint density at radius 3 is 2.61 bits per heavy atom. The predicted octanol–water partition coefficient (Wildman–Crippen LogP) is 1.39. The molecule has 2 N–H and O–H groups in total. The van der Waals surface area contributed by atoms with Gasteiger partial charge in [0.1, 0.15) is 12.4 Å². The minimum absolute atomic E-state index is 0.206. The van der Waals surface area contributed by atoms with Gasteiger partial charge in [0, 0.05) is 18.9 Å². The number of esters is 1. The Labute approximate surface area is 106 Å². The fraction of sp³-hybridized carbons (Fsp3) is 0.308. The van der Waals surface area contributed by atoms with Gasteiger partial charge in [-0.15, -0.1) is 0 Å². The minimum Gasteiger partial charge on any atom is -0.490 e. The summed E-state index contributed by atoms with van der Waals surface area (Å²) in [6, 6.07) is 6.95. The van der Waals surface area contributed by atoms with E-state index in [2.05, 4.69) is 6.58 Å². The first-order valence-corrected chi connectivity index (χ1v) is 5.46. The smallest absolute Gasteiger partial charge is 0.330 e. The highest BCUT2D eigenvalue weighted by Gasteiger charge is 2.13. The normalized spacial score (nSPS) is 11.6. The van der Waals surface area contributed by atoms with Crippen LogP contribution in [0.5, 0.6) is 5.75 Å². The molecule has 0 saturated carbocycles. The van der Waals surface area contributed by atoms with Crippen molar-refractivity contribution in [3.63, 3.8) is 0 Å². The molecule has 0 radical (unpaired) electrons. The Hall–Kier alpha value is -2.01. The van der Waals surface area contributed by atoms with Crippen molar-refractivity contribution in [3.8, 4) is 5.75 Å². The van der Waals surface area contributed by atoms with E-state index in [4.69, 9.17) is 19.9 Å². The summed E-state index contributed by atoms with van der Waals surface area (Å²) in [7, 11) is 1.53. The second kappa shape index (κ2) is 7.34. The zero-order valence-corrected chi connectivity index (χ0v) is 10.3. The molecule has 0 amide bonds. The molecule has 5 heteroatoms. The van der Waals surface area contributed by atoms with Gasteiger partial charge in [0.25, 0.3) is 0 Å². The van der Waals surface area contributed by atoms with E-state index in [1.54, 1.807) is 24.3 Å². The average Bonchev–Trinajstić information content (AvgIpc) is 2.38. The van der Waals surface area contributed by atoms with Gasteiger partial charge >= 0.3 is 5.97 Å². The molecule has 98 valence electrons. The molecule has 0 saturated heterocycles. The first-order valence-electron chi connectivity index (χ1n) is 5.46. The summed E-state index contributed by atoms with van der Waals surface area (Å²) in [4.78, 5) is 11.1. The molecule has 18 heavy (non-hydrogen) atoms. The quantitative estimate of drug-likeness (QED) is 0.450. The maximum Gasteiger partial charge on any atom is 0.330 e. The summed E-state index contributed by atoms with van der Waals surface area (Å²) >= 11 is 0. The summed E-state index contributed by atoms with van der Waals surface area (Å²) < 4.78 is 15.5. The van der Waals surface area contributed by atoms with Crippen LogP contribution in [0.1, 0.15) is 0 Å². The summed E-state index contributed by atoms with van der Waals surface area (Å²) in [6.45, 7) is 3.80. The molecule has 5 nitrogen and oxygen atoms in total. The van der Waals surface area contributed by atoms with Crippen LogP contribution in [-0.2, 0) is 14.3 Å². The molecule has 1 unspecified atom stereocenters. The van der Waals surface area contributed by atoms with Crippen LogP contribution in [0.3, 0.4) is 0 Å². The van der Waals surface area contributed by atoms with Crippen molar-refractivity contribution in [2.45, 2.75) is 6.10 Å². The molecule has 1 aromatic rings. The molecule has 0 bridgehead atoms. The van der Waals surface area contributed by atoms with Gasteiger partial charge in [-0.1, -0.05) is 6.58 Å².